The van der Waals surface area contributed by atoms with Crippen LogP contribution in [0.3, 0.4) is 0 Å². The number of benzene rings is 1. The standard InChI is InChI=1S/C20H23N3O7S/c1-3-5-17(24)21-11-10-14-6-4-7-16(12-14)31(27,28)23-19(25)15-8-9-18(22-13-15)30-20(26)29-2/h4,6-9,12-13H,3,5,10-11H2,1-2H3,(H,21,24)(H,23,25). The Kier molecular flexibility index (Phi) is 8.50. The Morgan fingerprint density at radius 1 is 1.13 bits per heavy atom. The molecular formula is C20H23N3O7S. The molecule has 166 valence electrons. The van der Waals surface area contributed by atoms with Gasteiger partial charge in [0, 0.05) is 25.2 Å². The van der Waals surface area contributed by atoms with Crippen LogP contribution in [-0.4, -0.2) is 45.0 Å². The van der Waals surface area contributed by atoms with Crippen LogP contribution < -0.4 is 14.8 Å². The predicted octanol–water partition coefficient (Wildman–Crippen LogP) is 1.80. The van der Waals surface area contributed by atoms with Crippen LogP contribution in [0.1, 0.15) is 35.7 Å². The lowest BCUT2D eigenvalue weighted by molar-refractivity contribution is -0.121. The minimum absolute atomic E-state index is 0.0458. The first-order valence-corrected chi connectivity index (χ1v) is 10.9. The number of ether oxygens (including phenoxy) is 2. The first-order valence-electron chi connectivity index (χ1n) is 9.39. The number of methoxy groups -OCH3 is 1. The molecule has 2 N–H and O–H groups in total. The lowest BCUT2D eigenvalue weighted by Crippen LogP contribution is -2.30. The van der Waals surface area contributed by atoms with Gasteiger partial charge in [-0.05, 0) is 36.6 Å². The van der Waals surface area contributed by atoms with Gasteiger partial charge in [0.1, 0.15) is 0 Å². The van der Waals surface area contributed by atoms with Gasteiger partial charge in [-0.2, -0.15) is 0 Å². The number of aromatic nitrogens is 1. The average Bonchev–Trinajstić information content (AvgIpc) is 2.74. The van der Waals surface area contributed by atoms with Gasteiger partial charge in [-0.15, -0.1) is 0 Å². The summed E-state index contributed by atoms with van der Waals surface area (Å²) >= 11 is 0. The van der Waals surface area contributed by atoms with Crippen LogP contribution in [0.2, 0.25) is 0 Å². The molecule has 10 nitrogen and oxygen atoms in total. The molecule has 0 spiro atoms. The molecule has 11 heteroatoms. The van der Waals surface area contributed by atoms with Gasteiger partial charge in [0.2, 0.25) is 11.8 Å². The Morgan fingerprint density at radius 2 is 1.90 bits per heavy atom. The number of hydrogen-bond donors (Lipinski definition) is 2. The predicted molar refractivity (Wildman–Crippen MR) is 110 cm³/mol. The van der Waals surface area contributed by atoms with E-state index in [1.165, 1.54) is 24.3 Å². The quantitative estimate of drug-likeness (QED) is 0.552. The normalized spacial score (nSPS) is 10.8. The number of nitrogens with zero attached hydrogens (tertiary/aromatic N) is 1. The second-order valence-electron chi connectivity index (χ2n) is 6.37. The number of amides is 2. The van der Waals surface area contributed by atoms with Crippen molar-refractivity contribution in [1.82, 2.24) is 15.0 Å². The maximum Gasteiger partial charge on any atom is 0.514 e. The maximum absolute atomic E-state index is 12.6. The molecule has 2 amide bonds. The summed E-state index contributed by atoms with van der Waals surface area (Å²) in [6.45, 7) is 2.28. The lowest BCUT2D eigenvalue weighted by atomic mass is 10.1. The SMILES string of the molecule is CCCC(=O)NCCc1cccc(S(=O)(=O)NC(=O)c2ccc(OC(=O)OC)nc2)c1. The van der Waals surface area contributed by atoms with Crippen LogP contribution in [0, 0.1) is 0 Å². The number of hydrogen-bond acceptors (Lipinski definition) is 8. The fraction of sp³-hybridized carbons (Fsp3) is 0.300. The summed E-state index contributed by atoms with van der Waals surface area (Å²) in [6.07, 6.45) is 1.72. The summed E-state index contributed by atoms with van der Waals surface area (Å²) < 4.78 is 36.1. The van der Waals surface area contributed by atoms with E-state index < -0.39 is 22.1 Å². The summed E-state index contributed by atoms with van der Waals surface area (Å²) in [5, 5.41) is 2.76. The molecular weight excluding hydrogens is 426 g/mol. The molecule has 0 radical (unpaired) electrons. The highest BCUT2D eigenvalue weighted by Gasteiger charge is 2.19. The van der Waals surface area contributed by atoms with Crippen molar-refractivity contribution in [1.29, 1.82) is 0 Å². The van der Waals surface area contributed by atoms with Gasteiger partial charge in [-0.25, -0.2) is 22.9 Å². The zero-order valence-corrected chi connectivity index (χ0v) is 17.9. The molecule has 2 rings (SSSR count). The van der Waals surface area contributed by atoms with Crippen LogP contribution >= 0.6 is 0 Å². The minimum Gasteiger partial charge on any atom is -0.437 e. The highest BCUT2D eigenvalue weighted by molar-refractivity contribution is 7.90. The molecule has 0 aliphatic carbocycles. The lowest BCUT2D eigenvalue weighted by Gasteiger charge is -2.09. The average molecular weight is 449 g/mol. The van der Waals surface area contributed by atoms with Crippen LogP contribution in [0.5, 0.6) is 5.88 Å². The van der Waals surface area contributed by atoms with Crippen molar-refractivity contribution in [3.63, 3.8) is 0 Å². The van der Waals surface area contributed by atoms with E-state index in [2.05, 4.69) is 15.0 Å². The number of nitrogens with one attached hydrogen (secondary N) is 2. The Morgan fingerprint density at radius 3 is 2.55 bits per heavy atom. The summed E-state index contributed by atoms with van der Waals surface area (Å²) in [6, 6.07) is 8.57. The van der Waals surface area contributed by atoms with Gasteiger partial charge in [0.25, 0.3) is 15.9 Å². The van der Waals surface area contributed by atoms with Gasteiger partial charge < -0.3 is 14.8 Å². The number of pyridine rings is 1. The summed E-state index contributed by atoms with van der Waals surface area (Å²) in [4.78, 5) is 38.5. The van der Waals surface area contributed by atoms with E-state index in [0.717, 1.165) is 19.7 Å². The van der Waals surface area contributed by atoms with Gasteiger partial charge in [0.15, 0.2) is 0 Å². The summed E-state index contributed by atoms with van der Waals surface area (Å²) in [5.74, 6) is -1.06. The number of sulfonamides is 1. The van der Waals surface area contributed by atoms with Crippen LogP contribution in [0.15, 0.2) is 47.5 Å². The molecule has 0 atom stereocenters. The summed E-state index contributed by atoms with van der Waals surface area (Å²) in [5.41, 5.74) is 0.647. The third-order valence-electron chi connectivity index (χ3n) is 4.00. The Hall–Kier alpha value is -3.47. The zero-order valence-electron chi connectivity index (χ0n) is 17.1. The Balaban J connectivity index is 2.02. The second kappa shape index (κ2) is 11.1. The van der Waals surface area contributed by atoms with Crippen molar-refractivity contribution in [3.8, 4) is 5.88 Å². The number of carbonyl (C=O) groups excluding carboxylic acids is 3. The molecule has 1 aromatic heterocycles. The monoisotopic (exact) mass is 449 g/mol. The van der Waals surface area contributed by atoms with Crippen LogP contribution in [0.25, 0.3) is 0 Å². The largest absolute Gasteiger partial charge is 0.514 e. The fourth-order valence-electron chi connectivity index (χ4n) is 2.47. The molecule has 0 saturated carbocycles. The molecule has 1 aromatic carbocycles. The van der Waals surface area contributed by atoms with E-state index in [-0.39, 0.29) is 22.2 Å². The third kappa shape index (κ3) is 7.37. The molecule has 0 aliphatic heterocycles. The topological polar surface area (TPSA) is 141 Å². The first kappa shape index (κ1) is 23.8. The highest BCUT2D eigenvalue weighted by Crippen LogP contribution is 2.14. The van der Waals surface area contributed by atoms with E-state index in [0.29, 0.717) is 24.9 Å². The molecule has 0 bridgehead atoms. The van der Waals surface area contributed by atoms with Crippen LogP contribution in [0.4, 0.5) is 4.79 Å². The molecule has 31 heavy (non-hydrogen) atoms. The second-order valence-corrected chi connectivity index (χ2v) is 8.06. The molecule has 0 fully saturated rings. The van der Waals surface area contributed by atoms with Gasteiger partial charge >= 0.3 is 6.16 Å². The highest BCUT2D eigenvalue weighted by atomic mass is 32.2. The van der Waals surface area contributed by atoms with Crippen molar-refractivity contribution in [2.45, 2.75) is 31.1 Å². The van der Waals surface area contributed by atoms with E-state index in [1.54, 1.807) is 12.1 Å². The van der Waals surface area contributed by atoms with Crippen molar-refractivity contribution in [2.75, 3.05) is 13.7 Å². The van der Waals surface area contributed by atoms with Crippen molar-refractivity contribution in [2.24, 2.45) is 0 Å². The molecule has 2 aromatic rings. The van der Waals surface area contributed by atoms with Gasteiger partial charge in [-0.1, -0.05) is 19.1 Å². The molecule has 0 saturated heterocycles. The van der Waals surface area contributed by atoms with E-state index in [4.69, 9.17) is 4.74 Å². The molecule has 0 unspecified atom stereocenters. The van der Waals surface area contributed by atoms with E-state index in [1.807, 2.05) is 11.6 Å². The Labute approximate surface area is 180 Å². The van der Waals surface area contributed by atoms with Crippen LogP contribution in [-0.2, 0) is 26.0 Å². The molecule has 0 aliphatic rings. The molecule has 1 heterocycles. The first-order chi connectivity index (χ1) is 14.7. The third-order valence-corrected chi connectivity index (χ3v) is 5.33. The van der Waals surface area contributed by atoms with Gasteiger partial charge in [-0.3, -0.25) is 9.59 Å². The van der Waals surface area contributed by atoms with Crippen molar-refractivity contribution in [3.05, 3.63) is 53.7 Å². The van der Waals surface area contributed by atoms with E-state index >= 15 is 0 Å². The smallest absolute Gasteiger partial charge is 0.437 e. The fourth-order valence-corrected chi connectivity index (χ4v) is 3.52. The van der Waals surface area contributed by atoms with E-state index in [9.17, 15) is 22.8 Å². The Bertz CT molecular complexity index is 1040. The van der Waals surface area contributed by atoms with Crippen molar-refractivity contribution >= 4 is 28.0 Å². The number of rotatable bonds is 9. The van der Waals surface area contributed by atoms with Crippen molar-refractivity contribution < 1.29 is 32.3 Å². The zero-order chi connectivity index (χ0) is 22.9. The number of carbonyl (C=O) groups is 3. The minimum atomic E-state index is -4.13. The van der Waals surface area contributed by atoms with Gasteiger partial charge in [0.05, 0.1) is 17.6 Å². The maximum atomic E-state index is 12.6. The summed E-state index contributed by atoms with van der Waals surface area (Å²) in [7, 11) is -3.00.